The SMILES string of the molecule is CCCCCC(CC)(CC)OS(=O)(=O)O. The molecule has 0 spiro atoms. The van der Waals surface area contributed by atoms with Crippen LogP contribution in [-0.4, -0.2) is 18.6 Å². The summed E-state index contributed by atoms with van der Waals surface area (Å²) >= 11 is 0. The van der Waals surface area contributed by atoms with Crippen LogP contribution < -0.4 is 0 Å². The van der Waals surface area contributed by atoms with E-state index in [1.165, 1.54) is 0 Å². The fourth-order valence-electron chi connectivity index (χ4n) is 1.68. The molecule has 15 heavy (non-hydrogen) atoms. The largest absolute Gasteiger partial charge is 0.397 e. The Labute approximate surface area is 93.0 Å². The molecule has 0 aliphatic carbocycles. The van der Waals surface area contributed by atoms with E-state index in [2.05, 4.69) is 6.92 Å². The number of hydrogen-bond acceptors (Lipinski definition) is 3. The van der Waals surface area contributed by atoms with Crippen LogP contribution in [0, 0.1) is 0 Å². The summed E-state index contributed by atoms with van der Waals surface area (Å²) in [5.41, 5.74) is -0.719. The van der Waals surface area contributed by atoms with Gasteiger partial charge in [0.25, 0.3) is 0 Å². The molecule has 0 saturated heterocycles. The van der Waals surface area contributed by atoms with Crippen LogP contribution >= 0.6 is 0 Å². The normalized spacial score (nSPS) is 13.1. The highest BCUT2D eigenvalue weighted by Gasteiger charge is 2.31. The van der Waals surface area contributed by atoms with Crippen molar-refractivity contribution < 1.29 is 17.2 Å². The molecule has 0 fully saturated rings. The van der Waals surface area contributed by atoms with Gasteiger partial charge in [-0.3, -0.25) is 4.55 Å². The third kappa shape index (κ3) is 6.12. The molecule has 0 aromatic rings. The summed E-state index contributed by atoms with van der Waals surface area (Å²) in [5, 5.41) is 0. The molecule has 0 aromatic heterocycles. The van der Waals surface area contributed by atoms with Crippen LogP contribution in [0.5, 0.6) is 0 Å². The quantitative estimate of drug-likeness (QED) is 0.521. The summed E-state index contributed by atoms with van der Waals surface area (Å²) in [6, 6.07) is 0. The van der Waals surface area contributed by atoms with E-state index in [1.54, 1.807) is 0 Å². The fraction of sp³-hybridized carbons (Fsp3) is 1.00. The Bertz CT molecular complexity index is 255. The van der Waals surface area contributed by atoms with Crippen molar-refractivity contribution in [2.75, 3.05) is 0 Å². The van der Waals surface area contributed by atoms with Crippen LogP contribution in [0.25, 0.3) is 0 Å². The van der Waals surface area contributed by atoms with Gasteiger partial charge in [-0.25, -0.2) is 4.18 Å². The fourth-order valence-corrected chi connectivity index (χ4v) is 2.45. The third-order valence-electron chi connectivity index (χ3n) is 2.81. The van der Waals surface area contributed by atoms with Gasteiger partial charge in [0, 0.05) is 0 Å². The highest BCUT2D eigenvalue weighted by Crippen LogP contribution is 2.28. The van der Waals surface area contributed by atoms with Crippen molar-refractivity contribution in [2.45, 2.75) is 64.9 Å². The summed E-state index contributed by atoms with van der Waals surface area (Å²) in [6.45, 7) is 5.84. The first-order valence-corrected chi connectivity index (χ1v) is 6.93. The molecule has 5 heteroatoms. The van der Waals surface area contributed by atoms with Crippen LogP contribution in [-0.2, 0) is 14.6 Å². The molecular formula is C10H22O4S. The van der Waals surface area contributed by atoms with Crippen LogP contribution in [0.4, 0.5) is 0 Å². The van der Waals surface area contributed by atoms with Gasteiger partial charge in [0.2, 0.25) is 0 Å². The van der Waals surface area contributed by atoms with Gasteiger partial charge in [0.1, 0.15) is 0 Å². The van der Waals surface area contributed by atoms with E-state index in [0.29, 0.717) is 19.3 Å². The average Bonchev–Trinajstić information content (AvgIpc) is 2.15. The zero-order valence-corrected chi connectivity index (χ0v) is 10.6. The first-order chi connectivity index (χ1) is 6.89. The zero-order valence-electron chi connectivity index (χ0n) is 9.82. The van der Waals surface area contributed by atoms with E-state index in [4.69, 9.17) is 8.74 Å². The lowest BCUT2D eigenvalue weighted by molar-refractivity contribution is 0.0429. The molecule has 0 radical (unpaired) electrons. The maximum atomic E-state index is 10.7. The van der Waals surface area contributed by atoms with Crippen molar-refractivity contribution in [2.24, 2.45) is 0 Å². The molecule has 0 bridgehead atoms. The summed E-state index contributed by atoms with van der Waals surface area (Å²) < 4.78 is 35.0. The molecule has 0 aromatic carbocycles. The molecule has 92 valence electrons. The Kier molecular flexibility index (Phi) is 6.40. The topological polar surface area (TPSA) is 63.6 Å². The van der Waals surface area contributed by atoms with Crippen LogP contribution in [0.2, 0.25) is 0 Å². The van der Waals surface area contributed by atoms with Crippen LogP contribution in [0.15, 0.2) is 0 Å². The van der Waals surface area contributed by atoms with Crippen molar-refractivity contribution in [3.8, 4) is 0 Å². The molecular weight excluding hydrogens is 216 g/mol. The van der Waals surface area contributed by atoms with Gasteiger partial charge in [-0.2, -0.15) is 8.42 Å². The number of hydrogen-bond donors (Lipinski definition) is 1. The Balaban J connectivity index is 4.44. The van der Waals surface area contributed by atoms with Gasteiger partial charge < -0.3 is 0 Å². The summed E-state index contributed by atoms with van der Waals surface area (Å²) in [6.07, 6.45) is 4.91. The van der Waals surface area contributed by atoms with Gasteiger partial charge in [0.15, 0.2) is 0 Å². The first kappa shape index (κ1) is 14.9. The molecule has 0 amide bonds. The maximum absolute atomic E-state index is 10.7. The number of unbranched alkanes of at least 4 members (excludes halogenated alkanes) is 2. The van der Waals surface area contributed by atoms with E-state index in [0.717, 1.165) is 19.3 Å². The van der Waals surface area contributed by atoms with Crippen molar-refractivity contribution in [1.82, 2.24) is 0 Å². The number of rotatable bonds is 8. The Morgan fingerprint density at radius 3 is 2.00 bits per heavy atom. The first-order valence-electron chi connectivity index (χ1n) is 5.57. The standard InChI is InChI=1S/C10H22O4S/c1-4-7-8-9-10(5-2,6-3)14-15(11,12)13/h4-9H2,1-3H3,(H,11,12,13). The van der Waals surface area contributed by atoms with Crippen LogP contribution in [0.1, 0.15) is 59.3 Å². The Morgan fingerprint density at radius 1 is 1.13 bits per heavy atom. The summed E-state index contributed by atoms with van der Waals surface area (Å²) in [4.78, 5) is 0. The molecule has 0 rings (SSSR count). The molecule has 4 nitrogen and oxygen atoms in total. The van der Waals surface area contributed by atoms with Crippen molar-refractivity contribution in [3.05, 3.63) is 0 Å². The van der Waals surface area contributed by atoms with Crippen molar-refractivity contribution in [3.63, 3.8) is 0 Å². The highest BCUT2D eigenvalue weighted by atomic mass is 32.3. The monoisotopic (exact) mass is 238 g/mol. The molecule has 0 saturated carbocycles. The van der Waals surface area contributed by atoms with Gasteiger partial charge in [-0.05, 0) is 19.3 Å². The maximum Gasteiger partial charge on any atom is 0.397 e. The van der Waals surface area contributed by atoms with E-state index >= 15 is 0 Å². The minimum Gasteiger partial charge on any atom is -0.264 e. The smallest absolute Gasteiger partial charge is 0.264 e. The van der Waals surface area contributed by atoms with Gasteiger partial charge in [0.05, 0.1) is 5.60 Å². The van der Waals surface area contributed by atoms with E-state index in [1.807, 2.05) is 13.8 Å². The van der Waals surface area contributed by atoms with Crippen LogP contribution in [0.3, 0.4) is 0 Å². The molecule has 1 N–H and O–H groups in total. The molecule has 0 unspecified atom stereocenters. The predicted molar refractivity (Wildman–Crippen MR) is 60.1 cm³/mol. The van der Waals surface area contributed by atoms with Gasteiger partial charge in [-0.1, -0.05) is 40.0 Å². The molecule has 0 aliphatic heterocycles. The molecule has 0 heterocycles. The summed E-state index contributed by atoms with van der Waals surface area (Å²) in [7, 11) is -4.34. The third-order valence-corrected chi connectivity index (χ3v) is 3.37. The second-order valence-corrected chi connectivity index (χ2v) is 4.88. The van der Waals surface area contributed by atoms with E-state index in [-0.39, 0.29) is 0 Å². The lowest BCUT2D eigenvalue weighted by Crippen LogP contribution is -2.33. The minimum atomic E-state index is -4.34. The average molecular weight is 238 g/mol. The predicted octanol–water partition coefficient (Wildman–Crippen LogP) is 2.94. The lowest BCUT2D eigenvalue weighted by Gasteiger charge is -2.29. The second kappa shape index (κ2) is 6.45. The zero-order chi connectivity index (χ0) is 11.9. The van der Waals surface area contributed by atoms with Gasteiger partial charge >= 0.3 is 10.4 Å². The second-order valence-electron chi connectivity index (χ2n) is 3.86. The molecule has 0 aliphatic rings. The Hall–Kier alpha value is -0.130. The van der Waals surface area contributed by atoms with Gasteiger partial charge in [-0.15, -0.1) is 0 Å². The van der Waals surface area contributed by atoms with Crippen molar-refractivity contribution in [1.29, 1.82) is 0 Å². The summed E-state index contributed by atoms with van der Waals surface area (Å²) in [5.74, 6) is 0. The van der Waals surface area contributed by atoms with E-state index in [9.17, 15) is 8.42 Å². The van der Waals surface area contributed by atoms with E-state index < -0.39 is 16.0 Å². The lowest BCUT2D eigenvalue weighted by atomic mass is 9.91. The Morgan fingerprint density at radius 2 is 1.67 bits per heavy atom. The van der Waals surface area contributed by atoms with Crippen molar-refractivity contribution >= 4 is 10.4 Å². The highest BCUT2D eigenvalue weighted by molar-refractivity contribution is 7.80. The molecule has 0 atom stereocenters. The minimum absolute atomic E-state index is 0.590.